The number of alkyl halides is 3. The van der Waals surface area contributed by atoms with Gasteiger partial charge in [-0.1, -0.05) is 11.6 Å². The molecule has 0 aromatic carbocycles. The summed E-state index contributed by atoms with van der Waals surface area (Å²) >= 11 is 11.2. The van der Waals surface area contributed by atoms with Gasteiger partial charge >= 0.3 is 5.97 Å². The lowest BCUT2D eigenvalue weighted by molar-refractivity contribution is -0.139. The van der Waals surface area contributed by atoms with Crippen molar-refractivity contribution in [3.8, 4) is 0 Å². The highest BCUT2D eigenvalue weighted by molar-refractivity contribution is 6.30. The van der Waals surface area contributed by atoms with E-state index >= 15 is 0 Å². The molecule has 0 atom stereocenters. The molecule has 0 aliphatic rings. The van der Waals surface area contributed by atoms with Gasteiger partial charge in [-0.05, 0) is 11.6 Å². The summed E-state index contributed by atoms with van der Waals surface area (Å²) < 4.78 is 30.0. The molecule has 94 valence electrons. The first-order chi connectivity index (χ1) is 7.99. The quantitative estimate of drug-likeness (QED) is 0.484. The topological polar surface area (TPSA) is 39.2 Å². The second-order valence-electron chi connectivity index (χ2n) is 3.16. The third-order valence-electron chi connectivity index (χ3n) is 2.07. The Labute approximate surface area is 107 Å². The zero-order valence-corrected chi connectivity index (χ0v) is 10.4. The fourth-order valence-corrected chi connectivity index (χ4v) is 1.75. The number of pyridine rings is 1. The molecule has 0 spiro atoms. The lowest BCUT2D eigenvalue weighted by Crippen LogP contribution is -2.09. The van der Waals surface area contributed by atoms with Crippen LogP contribution < -0.4 is 0 Å². The Hall–Kier alpha value is -0.940. The molecule has 1 rings (SSSR count). The second kappa shape index (κ2) is 6.12. The largest absolute Gasteiger partial charge is 0.469 e. The Balaban J connectivity index is 3.22. The molecule has 1 aromatic rings. The molecular formula is C10H9Cl2F2NO2. The van der Waals surface area contributed by atoms with E-state index in [1.54, 1.807) is 0 Å². The van der Waals surface area contributed by atoms with Crippen molar-refractivity contribution < 1.29 is 18.3 Å². The summed E-state index contributed by atoms with van der Waals surface area (Å²) in [6, 6.07) is 1.33. The van der Waals surface area contributed by atoms with Gasteiger partial charge in [-0.2, -0.15) is 0 Å². The summed E-state index contributed by atoms with van der Waals surface area (Å²) in [5.41, 5.74) is -0.0339. The summed E-state index contributed by atoms with van der Waals surface area (Å²) in [4.78, 5) is 14.8. The predicted molar refractivity (Wildman–Crippen MR) is 59.5 cm³/mol. The van der Waals surface area contributed by atoms with Crippen LogP contribution in [0.4, 0.5) is 8.78 Å². The van der Waals surface area contributed by atoms with Crippen molar-refractivity contribution in [3.05, 3.63) is 28.0 Å². The fraction of sp³-hybridized carbons (Fsp3) is 0.400. The van der Waals surface area contributed by atoms with Gasteiger partial charge in [-0.3, -0.25) is 4.79 Å². The van der Waals surface area contributed by atoms with Crippen LogP contribution in [0.3, 0.4) is 0 Å². The number of rotatable bonds is 4. The van der Waals surface area contributed by atoms with Crippen LogP contribution in [-0.4, -0.2) is 18.1 Å². The van der Waals surface area contributed by atoms with E-state index in [1.807, 2.05) is 0 Å². The van der Waals surface area contributed by atoms with E-state index in [2.05, 4.69) is 9.72 Å². The van der Waals surface area contributed by atoms with E-state index in [-0.39, 0.29) is 23.0 Å². The molecule has 0 unspecified atom stereocenters. The molecule has 0 saturated heterocycles. The molecule has 7 heteroatoms. The number of carbonyl (C=O) groups excluding carboxylic acids is 1. The molecule has 1 heterocycles. The highest BCUT2D eigenvalue weighted by Gasteiger charge is 2.21. The predicted octanol–water partition coefficient (Wildman–Crippen LogP) is 3.13. The molecule has 3 nitrogen and oxygen atoms in total. The minimum absolute atomic E-state index is 0.0252. The molecule has 17 heavy (non-hydrogen) atoms. The molecule has 0 radical (unpaired) electrons. The van der Waals surface area contributed by atoms with Crippen molar-refractivity contribution in [2.24, 2.45) is 0 Å². The van der Waals surface area contributed by atoms with Gasteiger partial charge in [0.2, 0.25) is 0 Å². The van der Waals surface area contributed by atoms with Crippen molar-refractivity contribution >= 4 is 29.2 Å². The second-order valence-corrected chi connectivity index (χ2v) is 3.79. The van der Waals surface area contributed by atoms with Crippen molar-refractivity contribution in [3.63, 3.8) is 0 Å². The monoisotopic (exact) mass is 283 g/mol. The molecule has 0 aliphatic carbocycles. The smallest absolute Gasteiger partial charge is 0.309 e. The standard InChI is InChI=1S/C10H9Cl2F2NO2/c1-17-7(16)3-5-2-6(4-11)15-9(12)8(5)10(13)14/h2,10H,3-4H2,1H3. The molecule has 0 aliphatic heterocycles. The van der Waals surface area contributed by atoms with Gasteiger partial charge in [0.25, 0.3) is 6.43 Å². The Morgan fingerprint density at radius 2 is 2.24 bits per heavy atom. The number of methoxy groups -OCH3 is 1. The summed E-state index contributed by atoms with van der Waals surface area (Å²) in [6.07, 6.45) is -3.10. The summed E-state index contributed by atoms with van der Waals surface area (Å²) in [5, 5.41) is -0.336. The molecule has 0 N–H and O–H groups in total. The Morgan fingerprint density at radius 3 is 2.71 bits per heavy atom. The number of aromatic nitrogens is 1. The minimum Gasteiger partial charge on any atom is -0.469 e. The third kappa shape index (κ3) is 3.51. The number of esters is 1. The molecule has 0 saturated carbocycles. The number of hydrogen-bond acceptors (Lipinski definition) is 3. The van der Waals surface area contributed by atoms with E-state index in [0.29, 0.717) is 5.69 Å². The van der Waals surface area contributed by atoms with Crippen molar-refractivity contribution in [2.45, 2.75) is 18.7 Å². The fourth-order valence-electron chi connectivity index (χ4n) is 1.30. The first kappa shape index (κ1) is 14.1. The number of carbonyl (C=O) groups is 1. The van der Waals surface area contributed by atoms with Gasteiger partial charge < -0.3 is 4.74 Å². The van der Waals surface area contributed by atoms with Crippen molar-refractivity contribution in [1.29, 1.82) is 0 Å². The van der Waals surface area contributed by atoms with E-state index in [1.165, 1.54) is 13.2 Å². The Bertz CT molecular complexity index is 427. The number of ether oxygens (including phenoxy) is 1. The lowest BCUT2D eigenvalue weighted by Gasteiger charge is -2.11. The van der Waals surface area contributed by atoms with Gasteiger partial charge in [0.05, 0.1) is 30.7 Å². The van der Waals surface area contributed by atoms with Crippen LogP contribution in [0.25, 0.3) is 0 Å². The Kier molecular flexibility index (Phi) is 5.08. The summed E-state index contributed by atoms with van der Waals surface area (Å²) in [6.45, 7) is 0. The van der Waals surface area contributed by atoms with Crippen LogP contribution in [0.1, 0.15) is 23.2 Å². The van der Waals surface area contributed by atoms with Crippen LogP contribution in [-0.2, 0) is 21.8 Å². The van der Waals surface area contributed by atoms with Crippen LogP contribution in [0, 0.1) is 0 Å². The normalized spacial score (nSPS) is 10.7. The molecule has 1 aromatic heterocycles. The molecular weight excluding hydrogens is 275 g/mol. The maximum Gasteiger partial charge on any atom is 0.309 e. The van der Waals surface area contributed by atoms with Crippen LogP contribution in [0.2, 0.25) is 5.15 Å². The van der Waals surface area contributed by atoms with Gasteiger partial charge in [-0.25, -0.2) is 13.8 Å². The average molecular weight is 284 g/mol. The summed E-state index contributed by atoms with van der Waals surface area (Å²) in [7, 11) is 1.18. The third-order valence-corrected chi connectivity index (χ3v) is 2.63. The van der Waals surface area contributed by atoms with Crippen LogP contribution in [0.15, 0.2) is 6.07 Å². The SMILES string of the molecule is COC(=O)Cc1cc(CCl)nc(Cl)c1C(F)F. The van der Waals surface area contributed by atoms with Gasteiger partial charge in [0, 0.05) is 0 Å². The van der Waals surface area contributed by atoms with E-state index in [4.69, 9.17) is 23.2 Å². The zero-order chi connectivity index (χ0) is 13.0. The van der Waals surface area contributed by atoms with Crippen molar-refractivity contribution in [1.82, 2.24) is 4.98 Å². The van der Waals surface area contributed by atoms with Gasteiger partial charge in [0.15, 0.2) is 0 Å². The minimum atomic E-state index is -2.81. The maximum atomic E-state index is 12.8. The Morgan fingerprint density at radius 1 is 1.59 bits per heavy atom. The van der Waals surface area contributed by atoms with Gasteiger partial charge in [0.1, 0.15) is 5.15 Å². The number of hydrogen-bond donors (Lipinski definition) is 0. The molecule has 0 bridgehead atoms. The zero-order valence-electron chi connectivity index (χ0n) is 8.84. The first-order valence-electron chi connectivity index (χ1n) is 4.58. The van der Waals surface area contributed by atoms with Gasteiger partial charge in [-0.15, -0.1) is 11.6 Å². The lowest BCUT2D eigenvalue weighted by atomic mass is 10.1. The van der Waals surface area contributed by atoms with Crippen LogP contribution in [0.5, 0.6) is 0 Å². The van der Waals surface area contributed by atoms with E-state index < -0.39 is 18.0 Å². The number of halogens is 4. The molecule has 0 amide bonds. The first-order valence-corrected chi connectivity index (χ1v) is 5.50. The van der Waals surface area contributed by atoms with Crippen molar-refractivity contribution in [2.75, 3.05) is 7.11 Å². The van der Waals surface area contributed by atoms with E-state index in [9.17, 15) is 13.6 Å². The highest BCUT2D eigenvalue weighted by atomic mass is 35.5. The highest BCUT2D eigenvalue weighted by Crippen LogP contribution is 2.30. The summed E-state index contributed by atoms with van der Waals surface area (Å²) in [5.74, 6) is -0.605. The van der Waals surface area contributed by atoms with E-state index in [0.717, 1.165) is 0 Å². The molecule has 0 fully saturated rings. The van der Waals surface area contributed by atoms with Crippen LogP contribution >= 0.6 is 23.2 Å². The average Bonchev–Trinajstić information content (AvgIpc) is 2.27. The number of nitrogens with zero attached hydrogens (tertiary/aromatic N) is 1. The maximum absolute atomic E-state index is 12.8.